The number of hydrogen-bond acceptors (Lipinski definition) is 3. The summed E-state index contributed by atoms with van der Waals surface area (Å²) in [6.07, 6.45) is 3.42. The van der Waals surface area contributed by atoms with Crippen molar-refractivity contribution >= 4 is 28.4 Å². The molecule has 0 amide bonds. The minimum absolute atomic E-state index is 0.250. The Morgan fingerprint density at radius 3 is 3.07 bits per heavy atom. The largest absolute Gasteiger partial charge is 0.464 e. The third-order valence-corrected chi connectivity index (χ3v) is 3.02. The highest BCUT2D eigenvalue weighted by molar-refractivity contribution is 6.18. The Balaban J connectivity index is 2.46. The summed E-state index contributed by atoms with van der Waals surface area (Å²) in [6.45, 7) is 2.06. The lowest BCUT2D eigenvalue weighted by Gasteiger charge is -2.24. The molecule has 2 heterocycles. The molecule has 0 aliphatic rings. The zero-order valence-electron chi connectivity index (χ0n) is 8.77. The highest BCUT2D eigenvalue weighted by Gasteiger charge is 2.13. The first-order valence-corrected chi connectivity index (χ1v) is 5.38. The van der Waals surface area contributed by atoms with E-state index in [1.54, 1.807) is 12.5 Å². The highest BCUT2D eigenvalue weighted by atomic mass is 35.5. The van der Waals surface area contributed by atoms with Crippen LogP contribution in [0.1, 0.15) is 6.92 Å². The van der Waals surface area contributed by atoms with Crippen LogP contribution in [0.3, 0.4) is 0 Å². The van der Waals surface area contributed by atoms with Gasteiger partial charge in [0, 0.05) is 25.2 Å². The van der Waals surface area contributed by atoms with Crippen molar-refractivity contribution in [3.8, 4) is 0 Å². The zero-order chi connectivity index (χ0) is 10.8. The number of aromatic nitrogens is 1. The van der Waals surface area contributed by atoms with Crippen LogP contribution in [-0.4, -0.2) is 24.0 Å². The van der Waals surface area contributed by atoms with E-state index in [2.05, 4.69) is 16.8 Å². The van der Waals surface area contributed by atoms with Crippen molar-refractivity contribution in [1.29, 1.82) is 0 Å². The molecule has 4 heteroatoms. The molecule has 1 unspecified atom stereocenters. The van der Waals surface area contributed by atoms with E-state index in [4.69, 9.17) is 16.0 Å². The monoisotopic (exact) mass is 224 g/mol. The molecule has 0 aliphatic heterocycles. The number of hydrogen-bond donors (Lipinski definition) is 0. The average molecular weight is 225 g/mol. The van der Waals surface area contributed by atoms with Gasteiger partial charge in [-0.15, -0.1) is 11.6 Å². The van der Waals surface area contributed by atoms with Crippen LogP contribution in [0.2, 0.25) is 0 Å². The lowest BCUT2D eigenvalue weighted by atomic mass is 10.2. The first-order chi connectivity index (χ1) is 7.24. The van der Waals surface area contributed by atoms with Crippen molar-refractivity contribution in [2.75, 3.05) is 17.8 Å². The van der Waals surface area contributed by atoms with Gasteiger partial charge in [0.2, 0.25) is 0 Å². The van der Waals surface area contributed by atoms with Crippen LogP contribution >= 0.6 is 11.6 Å². The quantitative estimate of drug-likeness (QED) is 0.751. The molecular weight excluding hydrogens is 212 g/mol. The van der Waals surface area contributed by atoms with Crippen LogP contribution < -0.4 is 4.90 Å². The van der Waals surface area contributed by atoms with Gasteiger partial charge in [-0.1, -0.05) is 0 Å². The Morgan fingerprint density at radius 2 is 2.33 bits per heavy atom. The summed E-state index contributed by atoms with van der Waals surface area (Å²) in [5.74, 6) is 1.49. The number of nitrogens with zero attached hydrogens (tertiary/aromatic N) is 2. The van der Waals surface area contributed by atoms with Gasteiger partial charge < -0.3 is 9.32 Å². The first kappa shape index (κ1) is 10.3. The van der Waals surface area contributed by atoms with Crippen molar-refractivity contribution < 1.29 is 4.42 Å². The summed E-state index contributed by atoms with van der Waals surface area (Å²) in [5.41, 5.74) is 0.855. The number of furan rings is 1. The van der Waals surface area contributed by atoms with E-state index in [9.17, 15) is 0 Å². The Hall–Kier alpha value is -1.22. The SMILES string of the molecule is CC(CCl)N(C)c1nccc2occc12. The summed E-state index contributed by atoms with van der Waals surface area (Å²) in [6, 6.07) is 4.03. The van der Waals surface area contributed by atoms with Crippen LogP contribution in [0.15, 0.2) is 29.0 Å². The highest BCUT2D eigenvalue weighted by Crippen LogP contribution is 2.25. The molecule has 0 N–H and O–H groups in total. The van der Waals surface area contributed by atoms with Crippen molar-refractivity contribution in [2.45, 2.75) is 13.0 Å². The van der Waals surface area contributed by atoms with Crippen molar-refractivity contribution in [3.05, 3.63) is 24.6 Å². The van der Waals surface area contributed by atoms with E-state index < -0.39 is 0 Å². The molecule has 0 aliphatic carbocycles. The Kier molecular flexibility index (Phi) is 2.82. The molecule has 2 aromatic rings. The summed E-state index contributed by atoms with van der Waals surface area (Å²) in [7, 11) is 1.99. The summed E-state index contributed by atoms with van der Waals surface area (Å²) in [4.78, 5) is 6.42. The van der Waals surface area contributed by atoms with Gasteiger partial charge >= 0.3 is 0 Å². The second-order valence-corrected chi connectivity index (χ2v) is 3.89. The molecule has 2 rings (SSSR count). The Bertz CT molecular complexity index is 455. The number of rotatable bonds is 3. The van der Waals surface area contributed by atoms with Gasteiger partial charge in [-0.25, -0.2) is 4.98 Å². The number of pyridine rings is 1. The summed E-state index contributed by atoms with van der Waals surface area (Å²) < 4.78 is 5.32. The van der Waals surface area contributed by atoms with Gasteiger partial charge in [0.1, 0.15) is 11.4 Å². The third kappa shape index (κ3) is 1.79. The standard InChI is InChI=1S/C11H13ClN2O/c1-8(7-12)14(2)11-9-4-6-15-10(9)3-5-13-11/h3-6,8H,7H2,1-2H3. The molecule has 80 valence electrons. The predicted molar refractivity (Wildman–Crippen MR) is 62.6 cm³/mol. The van der Waals surface area contributed by atoms with E-state index in [-0.39, 0.29) is 6.04 Å². The molecule has 0 fully saturated rings. The molecule has 0 bridgehead atoms. The van der Waals surface area contributed by atoms with Gasteiger partial charge in [-0.3, -0.25) is 0 Å². The van der Waals surface area contributed by atoms with Gasteiger partial charge in [-0.05, 0) is 19.1 Å². The minimum atomic E-state index is 0.250. The first-order valence-electron chi connectivity index (χ1n) is 4.85. The summed E-state index contributed by atoms with van der Waals surface area (Å²) >= 11 is 5.83. The number of halogens is 1. The molecule has 1 atom stereocenters. The van der Waals surface area contributed by atoms with Crippen molar-refractivity contribution in [1.82, 2.24) is 4.98 Å². The van der Waals surface area contributed by atoms with E-state index in [0.29, 0.717) is 5.88 Å². The van der Waals surface area contributed by atoms with Crippen LogP contribution in [-0.2, 0) is 0 Å². The Labute approximate surface area is 93.6 Å². The minimum Gasteiger partial charge on any atom is -0.464 e. The topological polar surface area (TPSA) is 29.3 Å². The van der Waals surface area contributed by atoms with E-state index >= 15 is 0 Å². The molecule has 0 aromatic carbocycles. The zero-order valence-corrected chi connectivity index (χ0v) is 9.53. The lowest BCUT2D eigenvalue weighted by molar-refractivity contribution is 0.615. The van der Waals surface area contributed by atoms with E-state index in [0.717, 1.165) is 16.8 Å². The van der Waals surface area contributed by atoms with Gasteiger partial charge in [0.05, 0.1) is 11.6 Å². The normalized spacial score (nSPS) is 13.0. The number of anilines is 1. The molecule has 0 saturated carbocycles. The van der Waals surface area contributed by atoms with Crippen molar-refractivity contribution in [3.63, 3.8) is 0 Å². The second kappa shape index (κ2) is 4.11. The Morgan fingerprint density at radius 1 is 1.53 bits per heavy atom. The molecule has 0 saturated heterocycles. The van der Waals surface area contributed by atoms with Crippen LogP contribution in [0, 0.1) is 0 Å². The maximum atomic E-state index is 5.83. The second-order valence-electron chi connectivity index (χ2n) is 3.58. The van der Waals surface area contributed by atoms with Gasteiger partial charge in [-0.2, -0.15) is 0 Å². The maximum Gasteiger partial charge on any atom is 0.139 e. The molecule has 3 nitrogen and oxygen atoms in total. The molecule has 0 radical (unpaired) electrons. The van der Waals surface area contributed by atoms with Gasteiger partial charge in [0.25, 0.3) is 0 Å². The third-order valence-electron chi connectivity index (χ3n) is 2.58. The van der Waals surface area contributed by atoms with E-state index in [1.807, 2.05) is 19.2 Å². The number of alkyl halides is 1. The fraction of sp³-hybridized carbons (Fsp3) is 0.364. The summed E-state index contributed by atoms with van der Waals surface area (Å²) in [5, 5.41) is 1.02. The fourth-order valence-corrected chi connectivity index (χ4v) is 1.68. The fourth-order valence-electron chi connectivity index (χ4n) is 1.47. The number of fused-ring (bicyclic) bond motifs is 1. The van der Waals surface area contributed by atoms with E-state index in [1.165, 1.54) is 0 Å². The van der Waals surface area contributed by atoms with Crippen LogP contribution in [0.4, 0.5) is 5.82 Å². The molecule has 0 spiro atoms. The van der Waals surface area contributed by atoms with Gasteiger partial charge in [0.15, 0.2) is 0 Å². The maximum absolute atomic E-state index is 5.83. The smallest absolute Gasteiger partial charge is 0.139 e. The van der Waals surface area contributed by atoms with Crippen LogP contribution in [0.5, 0.6) is 0 Å². The average Bonchev–Trinajstić information content (AvgIpc) is 2.74. The predicted octanol–water partition coefficient (Wildman–Crippen LogP) is 2.89. The molecular formula is C11H13ClN2O. The molecule has 2 aromatic heterocycles. The van der Waals surface area contributed by atoms with Crippen molar-refractivity contribution in [2.24, 2.45) is 0 Å². The lowest BCUT2D eigenvalue weighted by Crippen LogP contribution is -2.30. The molecule has 15 heavy (non-hydrogen) atoms. The van der Waals surface area contributed by atoms with Crippen LogP contribution in [0.25, 0.3) is 11.0 Å².